The molecule has 9 heteroatoms. The molecule has 1 amide bonds. The van der Waals surface area contributed by atoms with Crippen molar-refractivity contribution < 1.29 is 27.5 Å². The SMILES string of the molecule is Cc1cc(C)c(NC(=O)COC(=O)c2ccc(SC(F)(F)F)cc2)c(Cl)c1. The first-order valence-corrected chi connectivity index (χ1v) is 8.84. The molecule has 0 aliphatic heterocycles. The molecule has 0 atom stereocenters. The molecule has 0 radical (unpaired) electrons. The summed E-state index contributed by atoms with van der Waals surface area (Å²) in [5.41, 5.74) is -2.24. The van der Waals surface area contributed by atoms with Gasteiger partial charge in [0.05, 0.1) is 16.3 Å². The Balaban J connectivity index is 1.92. The van der Waals surface area contributed by atoms with Crippen molar-refractivity contribution in [1.29, 1.82) is 0 Å². The molecule has 0 aliphatic rings. The zero-order chi connectivity index (χ0) is 20.2. The number of esters is 1. The Morgan fingerprint density at radius 1 is 1.15 bits per heavy atom. The Bertz CT molecular complexity index is 831. The zero-order valence-corrected chi connectivity index (χ0v) is 15.9. The van der Waals surface area contributed by atoms with Crippen LogP contribution in [0.1, 0.15) is 21.5 Å². The van der Waals surface area contributed by atoms with E-state index in [1.807, 2.05) is 13.0 Å². The first kappa shape index (κ1) is 21.1. The summed E-state index contributed by atoms with van der Waals surface area (Å²) in [6.45, 7) is 3.09. The molecule has 0 heterocycles. The van der Waals surface area contributed by atoms with Gasteiger partial charge in [0.2, 0.25) is 0 Å². The Morgan fingerprint density at radius 3 is 2.33 bits per heavy atom. The minimum atomic E-state index is -4.41. The minimum absolute atomic E-state index is 0.0406. The largest absolute Gasteiger partial charge is 0.452 e. The van der Waals surface area contributed by atoms with Crippen molar-refractivity contribution in [3.8, 4) is 0 Å². The third-order valence-corrected chi connectivity index (χ3v) is 4.39. The van der Waals surface area contributed by atoms with Crippen LogP contribution in [0, 0.1) is 13.8 Å². The van der Waals surface area contributed by atoms with E-state index in [4.69, 9.17) is 16.3 Å². The molecule has 144 valence electrons. The third-order valence-electron chi connectivity index (χ3n) is 3.35. The fourth-order valence-electron chi connectivity index (χ4n) is 2.26. The van der Waals surface area contributed by atoms with Gasteiger partial charge in [0.25, 0.3) is 5.91 Å². The van der Waals surface area contributed by atoms with Gasteiger partial charge < -0.3 is 10.1 Å². The fraction of sp³-hybridized carbons (Fsp3) is 0.222. The van der Waals surface area contributed by atoms with Gasteiger partial charge in [-0.1, -0.05) is 17.7 Å². The smallest absolute Gasteiger partial charge is 0.446 e. The maximum atomic E-state index is 12.3. The second kappa shape index (κ2) is 8.67. The first-order valence-electron chi connectivity index (χ1n) is 7.64. The number of anilines is 1. The molecule has 2 rings (SSSR count). The molecule has 0 saturated heterocycles. The molecule has 0 bridgehead atoms. The second-order valence-corrected chi connectivity index (χ2v) is 7.18. The van der Waals surface area contributed by atoms with E-state index in [1.54, 1.807) is 13.0 Å². The summed E-state index contributed by atoms with van der Waals surface area (Å²) in [5.74, 6) is -1.40. The molecule has 0 spiro atoms. The van der Waals surface area contributed by atoms with Crippen molar-refractivity contribution in [3.05, 3.63) is 58.1 Å². The van der Waals surface area contributed by atoms with Gasteiger partial charge >= 0.3 is 11.5 Å². The van der Waals surface area contributed by atoms with Crippen LogP contribution < -0.4 is 5.32 Å². The zero-order valence-electron chi connectivity index (χ0n) is 14.3. The predicted octanol–water partition coefficient (Wildman–Crippen LogP) is 5.36. The van der Waals surface area contributed by atoms with Crippen LogP contribution >= 0.6 is 23.4 Å². The highest BCUT2D eigenvalue weighted by Crippen LogP contribution is 2.36. The van der Waals surface area contributed by atoms with Crippen LogP contribution in [0.4, 0.5) is 18.9 Å². The van der Waals surface area contributed by atoms with Crippen molar-refractivity contribution >= 4 is 40.9 Å². The van der Waals surface area contributed by atoms with Gasteiger partial charge in [-0.25, -0.2) is 4.79 Å². The molecule has 2 aromatic rings. The van der Waals surface area contributed by atoms with Gasteiger partial charge in [-0.05, 0) is 67.1 Å². The number of thioether (sulfide) groups is 1. The number of aryl methyl sites for hydroxylation is 2. The van der Waals surface area contributed by atoms with E-state index in [0.717, 1.165) is 23.3 Å². The Labute approximate surface area is 163 Å². The number of carbonyl (C=O) groups is 2. The van der Waals surface area contributed by atoms with Crippen molar-refractivity contribution in [2.75, 3.05) is 11.9 Å². The molecule has 0 unspecified atom stereocenters. The van der Waals surface area contributed by atoms with Crippen LogP contribution in [0.2, 0.25) is 5.02 Å². The van der Waals surface area contributed by atoms with Crippen LogP contribution in [-0.2, 0) is 9.53 Å². The monoisotopic (exact) mass is 417 g/mol. The van der Waals surface area contributed by atoms with E-state index in [9.17, 15) is 22.8 Å². The van der Waals surface area contributed by atoms with Gasteiger partial charge in [-0.15, -0.1) is 0 Å². The van der Waals surface area contributed by atoms with Crippen LogP contribution in [-0.4, -0.2) is 24.0 Å². The lowest BCUT2D eigenvalue weighted by Gasteiger charge is -2.12. The van der Waals surface area contributed by atoms with Crippen LogP contribution in [0.15, 0.2) is 41.3 Å². The quantitative estimate of drug-likeness (QED) is 0.525. The number of alkyl halides is 3. The van der Waals surface area contributed by atoms with Crippen molar-refractivity contribution in [3.63, 3.8) is 0 Å². The molecule has 0 aliphatic carbocycles. The number of halogens is 4. The van der Waals surface area contributed by atoms with E-state index in [-0.39, 0.29) is 22.2 Å². The summed E-state index contributed by atoms with van der Waals surface area (Å²) in [4.78, 5) is 23.8. The van der Waals surface area contributed by atoms with Gasteiger partial charge in [0.1, 0.15) is 0 Å². The normalized spacial score (nSPS) is 11.2. The summed E-state index contributed by atoms with van der Waals surface area (Å²) in [6.07, 6.45) is 0. The van der Waals surface area contributed by atoms with E-state index in [0.29, 0.717) is 10.7 Å². The maximum absolute atomic E-state index is 12.3. The van der Waals surface area contributed by atoms with Crippen molar-refractivity contribution in [2.45, 2.75) is 24.3 Å². The van der Waals surface area contributed by atoms with Crippen LogP contribution in [0.5, 0.6) is 0 Å². The van der Waals surface area contributed by atoms with E-state index >= 15 is 0 Å². The number of amides is 1. The molecular formula is C18H15ClF3NO3S. The number of nitrogens with one attached hydrogen (secondary N) is 1. The summed E-state index contributed by atoms with van der Waals surface area (Å²) in [7, 11) is 0. The highest BCUT2D eigenvalue weighted by Gasteiger charge is 2.29. The number of hydrogen-bond donors (Lipinski definition) is 1. The third kappa shape index (κ3) is 6.48. The Morgan fingerprint density at radius 2 is 1.78 bits per heavy atom. The van der Waals surface area contributed by atoms with E-state index in [2.05, 4.69) is 5.32 Å². The number of ether oxygens (including phenoxy) is 1. The number of carbonyl (C=O) groups excluding carboxylic acids is 2. The molecule has 0 saturated carbocycles. The summed E-state index contributed by atoms with van der Waals surface area (Å²) in [6, 6.07) is 8.25. The fourth-order valence-corrected chi connectivity index (χ4v) is 3.16. The highest BCUT2D eigenvalue weighted by molar-refractivity contribution is 8.00. The molecule has 0 aromatic heterocycles. The summed E-state index contributed by atoms with van der Waals surface area (Å²) < 4.78 is 41.7. The predicted molar refractivity (Wildman–Crippen MR) is 98.2 cm³/mol. The first-order chi connectivity index (χ1) is 12.5. The number of benzene rings is 2. The lowest BCUT2D eigenvalue weighted by Crippen LogP contribution is -2.21. The average molecular weight is 418 g/mol. The second-order valence-electron chi connectivity index (χ2n) is 5.64. The van der Waals surface area contributed by atoms with Crippen LogP contribution in [0.25, 0.3) is 0 Å². The summed E-state index contributed by atoms with van der Waals surface area (Å²) in [5, 5.41) is 2.94. The maximum Gasteiger partial charge on any atom is 0.446 e. The molecule has 1 N–H and O–H groups in total. The molecule has 2 aromatic carbocycles. The number of rotatable bonds is 5. The topological polar surface area (TPSA) is 55.4 Å². The average Bonchev–Trinajstić information content (AvgIpc) is 2.55. The van der Waals surface area contributed by atoms with Gasteiger partial charge in [0.15, 0.2) is 6.61 Å². The molecule has 4 nitrogen and oxygen atoms in total. The van der Waals surface area contributed by atoms with Gasteiger partial charge in [-0.2, -0.15) is 13.2 Å². The Kier molecular flexibility index (Phi) is 6.78. The molecule has 0 fully saturated rings. The standard InChI is InChI=1S/C18H15ClF3NO3S/c1-10-7-11(2)16(14(19)8-10)23-15(24)9-26-17(25)12-3-5-13(6-4-12)27-18(20,21)22/h3-8H,9H2,1-2H3,(H,23,24). The van der Waals surface area contributed by atoms with Crippen molar-refractivity contribution in [1.82, 2.24) is 0 Å². The van der Waals surface area contributed by atoms with Gasteiger partial charge in [-0.3, -0.25) is 4.79 Å². The highest BCUT2D eigenvalue weighted by atomic mass is 35.5. The van der Waals surface area contributed by atoms with E-state index < -0.39 is 24.0 Å². The van der Waals surface area contributed by atoms with E-state index in [1.165, 1.54) is 12.1 Å². The lowest BCUT2D eigenvalue weighted by atomic mass is 10.1. The molecule has 27 heavy (non-hydrogen) atoms. The molecular weight excluding hydrogens is 403 g/mol. The van der Waals surface area contributed by atoms with Crippen LogP contribution in [0.3, 0.4) is 0 Å². The number of hydrogen-bond acceptors (Lipinski definition) is 4. The van der Waals surface area contributed by atoms with Crippen molar-refractivity contribution in [2.24, 2.45) is 0 Å². The van der Waals surface area contributed by atoms with Gasteiger partial charge in [0, 0.05) is 4.90 Å². The minimum Gasteiger partial charge on any atom is -0.452 e. The summed E-state index contributed by atoms with van der Waals surface area (Å²) >= 11 is 5.81. The lowest BCUT2D eigenvalue weighted by molar-refractivity contribution is -0.119. The Hall–Kier alpha value is -2.19.